The molecule has 0 bridgehead atoms. The van der Waals surface area contributed by atoms with Crippen LogP contribution in [0.5, 0.6) is 0 Å². The Balaban J connectivity index is 2.13. The van der Waals surface area contributed by atoms with Gasteiger partial charge in [0, 0.05) is 17.0 Å². The monoisotopic (exact) mass is 347 g/mol. The standard InChI is InChI=1S/C14H13N5O2S2/c1-14(2)8(5-15)11(21)19-12(9(14)6-16)23-7-10(20)18-13-17-3-4-22-13/h3-4,8H,7H2,1-2H3,(H,19,21)(H,17,18,20)/t8-/m1/s1. The van der Waals surface area contributed by atoms with Crippen molar-refractivity contribution in [1.29, 1.82) is 10.5 Å². The lowest BCUT2D eigenvalue weighted by molar-refractivity contribution is -0.125. The molecule has 0 unspecified atom stereocenters. The molecule has 1 aromatic heterocycles. The summed E-state index contributed by atoms with van der Waals surface area (Å²) in [7, 11) is 0. The van der Waals surface area contributed by atoms with Crippen LogP contribution in [0, 0.1) is 34.0 Å². The summed E-state index contributed by atoms with van der Waals surface area (Å²) in [5, 5.41) is 26.2. The van der Waals surface area contributed by atoms with Crippen LogP contribution in [-0.4, -0.2) is 22.6 Å². The second-order valence-corrected chi connectivity index (χ2v) is 7.14. The van der Waals surface area contributed by atoms with E-state index >= 15 is 0 Å². The van der Waals surface area contributed by atoms with Gasteiger partial charge in [0.05, 0.1) is 28.5 Å². The zero-order valence-electron chi connectivity index (χ0n) is 12.4. The molecule has 0 aromatic carbocycles. The van der Waals surface area contributed by atoms with Gasteiger partial charge < -0.3 is 10.6 Å². The molecular formula is C14H13N5O2S2. The summed E-state index contributed by atoms with van der Waals surface area (Å²) < 4.78 is 0. The Morgan fingerprint density at radius 2 is 2.30 bits per heavy atom. The van der Waals surface area contributed by atoms with E-state index in [0.717, 1.165) is 11.8 Å². The number of hydrogen-bond donors (Lipinski definition) is 2. The van der Waals surface area contributed by atoms with Crippen LogP contribution in [0.3, 0.4) is 0 Å². The zero-order valence-corrected chi connectivity index (χ0v) is 14.0. The molecule has 0 aliphatic carbocycles. The molecule has 23 heavy (non-hydrogen) atoms. The van der Waals surface area contributed by atoms with Crippen molar-refractivity contribution in [1.82, 2.24) is 10.3 Å². The fourth-order valence-corrected chi connectivity index (χ4v) is 3.63. The van der Waals surface area contributed by atoms with E-state index in [1.54, 1.807) is 25.4 Å². The highest BCUT2D eigenvalue weighted by molar-refractivity contribution is 8.03. The Labute approximate surface area is 141 Å². The first-order valence-corrected chi connectivity index (χ1v) is 8.44. The number of amides is 2. The fraction of sp³-hybridized carbons (Fsp3) is 0.357. The number of thioether (sulfide) groups is 1. The van der Waals surface area contributed by atoms with Gasteiger partial charge in [0.1, 0.15) is 5.92 Å². The normalized spacial score (nSPS) is 19.5. The number of carbonyl (C=O) groups excluding carboxylic acids is 2. The van der Waals surface area contributed by atoms with Gasteiger partial charge in [-0.2, -0.15) is 10.5 Å². The van der Waals surface area contributed by atoms with Crippen molar-refractivity contribution in [2.24, 2.45) is 11.3 Å². The number of thiazole rings is 1. The summed E-state index contributed by atoms with van der Waals surface area (Å²) in [6, 6.07) is 3.98. The second kappa shape index (κ2) is 6.82. The predicted octanol–water partition coefficient (Wildman–Crippen LogP) is 1.85. The topological polar surface area (TPSA) is 119 Å². The quantitative estimate of drug-likeness (QED) is 0.858. The minimum atomic E-state index is -0.939. The number of hydrogen-bond acceptors (Lipinski definition) is 7. The molecule has 0 fully saturated rings. The van der Waals surface area contributed by atoms with Crippen molar-refractivity contribution in [2.75, 3.05) is 11.1 Å². The van der Waals surface area contributed by atoms with Crippen LogP contribution in [0.15, 0.2) is 22.2 Å². The molecular weight excluding hydrogens is 334 g/mol. The molecule has 9 heteroatoms. The number of carbonyl (C=O) groups is 2. The lowest BCUT2D eigenvalue weighted by atomic mass is 9.72. The van der Waals surface area contributed by atoms with E-state index in [1.165, 1.54) is 11.3 Å². The highest BCUT2D eigenvalue weighted by Crippen LogP contribution is 2.41. The van der Waals surface area contributed by atoms with Crippen LogP contribution < -0.4 is 10.6 Å². The molecule has 0 spiro atoms. The molecule has 2 rings (SSSR count). The maximum atomic E-state index is 12.0. The van der Waals surface area contributed by atoms with Gasteiger partial charge in [0.2, 0.25) is 11.8 Å². The lowest BCUT2D eigenvalue weighted by Crippen LogP contribution is -2.44. The van der Waals surface area contributed by atoms with Crippen LogP contribution >= 0.6 is 23.1 Å². The fourth-order valence-electron chi connectivity index (χ4n) is 2.11. The molecule has 1 aromatic rings. The van der Waals surface area contributed by atoms with E-state index in [2.05, 4.69) is 15.6 Å². The van der Waals surface area contributed by atoms with Crippen LogP contribution in [0.4, 0.5) is 5.13 Å². The van der Waals surface area contributed by atoms with Gasteiger partial charge >= 0.3 is 0 Å². The van der Waals surface area contributed by atoms with Gasteiger partial charge in [-0.05, 0) is 0 Å². The Morgan fingerprint density at radius 1 is 1.57 bits per heavy atom. The predicted molar refractivity (Wildman–Crippen MR) is 86.9 cm³/mol. The molecule has 0 saturated carbocycles. The molecule has 2 N–H and O–H groups in total. The Morgan fingerprint density at radius 3 is 2.87 bits per heavy atom. The third-order valence-electron chi connectivity index (χ3n) is 3.36. The average Bonchev–Trinajstić information content (AvgIpc) is 2.97. The van der Waals surface area contributed by atoms with Crippen molar-refractivity contribution >= 4 is 40.0 Å². The molecule has 7 nitrogen and oxygen atoms in total. The Kier molecular flexibility index (Phi) is 5.04. The van der Waals surface area contributed by atoms with Crippen LogP contribution in [0.2, 0.25) is 0 Å². The SMILES string of the molecule is CC1(C)C(C#N)=C(SCC(=O)Nc2nccs2)NC(=O)[C@H]1C#N. The van der Waals surface area contributed by atoms with Crippen LogP contribution in [0.1, 0.15) is 13.8 Å². The van der Waals surface area contributed by atoms with Crippen molar-refractivity contribution in [3.8, 4) is 12.1 Å². The first-order valence-electron chi connectivity index (χ1n) is 6.57. The van der Waals surface area contributed by atoms with Gasteiger partial charge in [-0.15, -0.1) is 11.3 Å². The molecule has 0 saturated heterocycles. The number of aromatic nitrogens is 1. The van der Waals surface area contributed by atoms with E-state index < -0.39 is 17.2 Å². The average molecular weight is 347 g/mol. The van der Waals surface area contributed by atoms with E-state index in [4.69, 9.17) is 5.26 Å². The van der Waals surface area contributed by atoms with Gasteiger partial charge in [0.25, 0.3) is 0 Å². The lowest BCUT2D eigenvalue weighted by Gasteiger charge is -2.34. The number of nitrogens with one attached hydrogen (secondary N) is 2. The summed E-state index contributed by atoms with van der Waals surface area (Å²) >= 11 is 2.36. The highest BCUT2D eigenvalue weighted by atomic mass is 32.2. The summed E-state index contributed by atoms with van der Waals surface area (Å²) in [4.78, 5) is 27.8. The number of anilines is 1. The second-order valence-electron chi connectivity index (χ2n) is 5.26. The highest BCUT2D eigenvalue weighted by Gasteiger charge is 2.44. The molecule has 1 aliphatic heterocycles. The van der Waals surface area contributed by atoms with Gasteiger partial charge in [-0.1, -0.05) is 25.6 Å². The third-order valence-corrected chi connectivity index (χ3v) is 5.05. The van der Waals surface area contributed by atoms with E-state index in [-0.39, 0.29) is 11.7 Å². The number of nitrogens with zero attached hydrogens (tertiary/aromatic N) is 3. The molecule has 2 amide bonds. The van der Waals surface area contributed by atoms with Gasteiger partial charge in [-0.25, -0.2) is 4.98 Å². The maximum Gasteiger partial charge on any atom is 0.243 e. The summed E-state index contributed by atoms with van der Waals surface area (Å²) in [5.41, 5.74) is -0.601. The smallest absolute Gasteiger partial charge is 0.243 e. The van der Waals surface area contributed by atoms with E-state index in [0.29, 0.717) is 15.7 Å². The first-order chi connectivity index (χ1) is 10.9. The molecule has 118 valence electrons. The third kappa shape index (κ3) is 3.52. The van der Waals surface area contributed by atoms with Crippen molar-refractivity contribution in [3.05, 3.63) is 22.2 Å². The molecule has 1 aliphatic rings. The molecule has 0 radical (unpaired) electrons. The maximum absolute atomic E-state index is 12.0. The molecule has 1 atom stereocenters. The number of allylic oxidation sites excluding steroid dienone is 1. The molecule has 2 heterocycles. The van der Waals surface area contributed by atoms with E-state index in [9.17, 15) is 14.9 Å². The first kappa shape index (κ1) is 17.0. The van der Waals surface area contributed by atoms with Crippen molar-refractivity contribution < 1.29 is 9.59 Å². The van der Waals surface area contributed by atoms with Crippen molar-refractivity contribution in [3.63, 3.8) is 0 Å². The Hall–Kier alpha value is -2.36. The van der Waals surface area contributed by atoms with Crippen LogP contribution in [0.25, 0.3) is 0 Å². The van der Waals surface area contributed by atoms with Gasteiger partial charge in [0.15, 0.2) is 5.13 Å². The Bertz CT molecular complexity index is 740. The minimum absolute atomic E-state index is 0.0215. The largest absolute Gasteiger partial charge is 0.319 e. The number of nitriles is 2. The minimum Gasteiger partial charge on any atom is -0.319 e. The van der Waals surface area contributed by atoms with E-state index in [1.807, 2.05) is 12.1 Å². The van der Waals surface area contributed by atoms with Gasteiger partial charge in [-0.3, -0.25) is 9.59 Å². The summed E-state index contributed by atoms with van der Waals surface area (Å²) in [6.07, 6.45) is 1.58. The summed E-state index contributed by atoms with van der Waals surface area (Å²) in [5.74, 6) is -1.66. The summed E-state index contributed by atoms with van der Waals surface area (Å²) in [6.45, 7) is 3.35. The number of rotatable bonds is 4. The van der Waals surface area contributed by atoms with Crippen LogP contribution in [-0.2, 0) is 9.59 Å². The zero-order chi connectivity index (χ0) is 17.0. The van der Waals surface area contributed by atoms with Crippen molar-refractivity contribution in [2.45, 2.75) is 13.8 Å².